The highest BCUT2D eigenvalue weighted by Crippen LogP contribution is 2.28. The predicted molar refractivity (Wildman–Crippen MR) is 174 cm³/mol. The van der Waals surface area contributed by atoms with E-state index in [9.17, 15) is 5.21 Å². The van der Waals surface area contributed by atoms with E-state index in [1.165, 1.54) is 173 Å². The van der Waals surface area contributed by atoms with Crippen LogP contribution in [-0.4, -0.2) is 23.8 Å². The Kier molecular flexibility index (Phi) is 27.1. The molecule has 38 heavy (non-hydrogen) atoms. The number of nitrogens with zero attached hydrogens (tertiary/aromatic N) is 1. The van der Waals surface area contributed by atoms with E-state index in [1.807, 2.05) is 7.05 Å². The van der Waals surface area contributed by atoms with Crippen LogP contribution in [0.25, 0.3) is 0 Å². The molecular weight excluding hydrogens is 462 g/mol. The molecule has 0 aromatic rings. The first kappa shape index (κ1) is 37.9. The minimum atomic E-state index is -0.145. The summed E-state index contributed by atoms with van der Waals surface area (Å²) < 4.78 is -0.0519. The zero-order chi connectivity index (χ0) is 28.2. The van der Waals surface area contributed by atoms with Gasteiger partial charge in [0, 0.05) is 6.42 Å². The maximum atomic E-state index is 13.3. The molecule has 0 aromatic carbocycles. The van der Waals surface area contributed by atoms with Gasteiger partial charge >= 0.3 is 0 Å². The second kappa shape index (κ2) is 27.1. The van der Waals surface area contributed by atoms with E-state index < -0.39 is 0 Å². The van der Waals surface area contributed by atoms with Crippen molar-refractivity contribution in [3.05, 3.63) is 5.21 Å². The van der Waals surface area contributed by atoms with Crippen molar-refractivity contribution in [1.29, 1.82) is 0 Å². The maximum Gasteiger partial charge on any atom is 0.0930 e. The van der Waals surface area contributed by atoms with Crippen molar-refractivity contribution < 1.29 is 4.65 Å². The SMILES string of the molecule is CCCCCCCCCCCCCCCCC(C)(C)[N+](C)([O-])CCCCCCCCCCCCCCCC. The van der Waals surface area contributed by atoms with E-state index in [-0.39, 0.29) is 10.2 Å². The molecule has 2 heteroatoms. The van der Waals surface area contributed by atoms with Crippen molar-refractivity contribution in [3.63, 3.8) is 0 Å². The van der Waals surface area contributed by atoms with Gasteiger partial charge in [-0.1, -0.05) is 174 Å². The topological polar surface area (TPSA) is 23.1 Å². The van der Waals surface area contributed by atoms with Crippen molar-refractivity contribution in [2.75, 3.05) is 13.6 Å². The Morgan fingerprint density at radius 2 is 0.632 bits per heavy atom. The second-order valence-electron chi connectivity index (χ2n) is 13.6. The highest BCUT2D eigenvalue weighted by atomic mass is 16.5. The molecule has 0 saturated heterocycles. The number of hydroxylamine groups is 3. The fraction of sp³-hybridized carbons (Fsp3) is 1.00. The standard InChI is InChI=1S/C36H75NO/c1-6-8-10-12-14-16-18-20-22-24-26-28-30-32-34-36(3,4)37(5,38)35-33-31-29-27-25-23-21-19-17-15-13-11-9-7-2/h6-35H2,1-5H3. The molecule has 0 amide bonds. The third kappa shape index (κ3) is 23.8. The van der Waals surface area contributed by atoms with E-state index in [0.717, 1.165) is 19.4 Å². The quantitative estimate of drug-likeness (QED) is 0.0490. The monoisotopic (exact) mass is 538 g/mol. The van der Waals surface area contributed by atoms with Crippen LogP contribution in [0, 0.1) is 5.21 Å². The molecule has 0 spiro atoms. The summed E-state index contributed by atoms with van der Waals surface area (Å²) in [4.78, 5) is 0. The van der Waals surface area contributed by atoms with Gasteiger partial charge in [-0.05, 0) is 33.1 Å². The van der Waals surface area contributed by atoms with Gasteiger partial charge < -0.3 is 9.85 Å². The Morgan fingerprint density at radius 1 is 0.395 bits per heavy atom. The summed E-state index contributed by atoms with van der Waals surface area (Å²) in [6.45, 7) is 9.81. The summed E-state index contributed by atoms with van der Waals surface area (Å²) in [6, 6.07) is 0. The lowest BCUT2D eigenvalue weighted by atomic mass is 9.93. The molecule has 0 fully saturated rings. The zero-order valence-electron chi connectivity index (χ0n) is 27.6. The molecule has 0 aliphatic heterocycles. The van der Waals surface area contributed by atoms with Crippen molar-refractivity contribution in [1.82, 2.24) is 0 Å². The number of hydrogen-bond donors (Lipinski definition) is 0. The zero-order valence-corrected chi connectivity index (χ0v) is 27.6. The van der Waals surface area contributed by atoms with Gasteiger partial charge in [0.2, 0.25) is 0 Å². The van der Waals surface area contributed by atoms with E-state index in [1.54, 1.807) is 0 Å². The second-order valence-corrected chi connectivity index (χ2v) is 13.6. The molecule has 0 rings (SSSR count). The highest BCUT2D eigenvalue weighted by Gasteiger charge is 2.32. The molecule has 230 valence electrons. The van der Waals surface area contributed by atoms with Crippen molar-refractivity contribution in [3.8, 4) is 0 Å². The van der Waals surface area contributed by atoms with Crippen molar-refractivity contribution >= 4 is 0 Å². The first-order valence-electron chi connectivity index (χ1n) is 17.9. The summed E-state index contributed by atoms with van der Waals surface area (Å²) >= 11 is 0. The Balaban J connectivity index is 3.57. The lowest BCUT2D eigenvalue weighted by molar-refractivity contribution is -0.910. The van der Waals surface area contributed by atoms with Crippen LogP contribution in [0.15, 0.2) is 0 Å². The fourth-order valence-corrected chi connectivity index (χ4v) is 5.90. The first-order valence-corrected chi connectivity index (χ1v) is 17.9. The van der Waals surface area contributed by atoms with Gasteiger partial charge in [-0.15, -0.1) is 0 Å². The summed E-state index contributed by atoms with van der Waals surface area (Å²) in [5.41, 5.74) is -0.145. The van der Waals surface area contributed by atoms with Crippen LogP contribution in [0.1, 0.15) is 214 Å². The molecule has 0 bridgehead atoms. The number of quaternary nitrogens is 1. The highest BCUT2D eigenvalue weighted by molar-refractivity contribution is 4.71. The Labute approximate surface area is 242 Å². The normalized spacial score (nSPS) is 13.7. The number of hydrogen-bond acceptors (Lipinski definition) is 1. The molecule has 0 aromatic heterocycles. The van der Waals surface area contributed by atoms with Gasteiger partial charge in [0.15, 0.2) is 0 Å². The van der Waals surface area contributed by atoms with Gasteiger partial charge in [-0.3, -0.25) is 0 Å². The van der Waals surface area contributed by atoms with Crippen LogP contribution in [-0.2, 0) is 0 Å². The predicted octanol–water partition coefficient (Wildman–Crippen LogP) is 13.1. The molecule has 2 nitrogen and oxygen atoms in total. The average Bonchev–Trinajstić information content (AvgIpc) is 2.89. The first-order chi connectivity index (χ1) is 18.4. The third-order valence-electron chi connectivity index (χ3n) is 9.36. The molecule has 0 aliphatic carbocycles. The van der Waals surface area contributed by atoms with Gasteiger partial charge in [-0.2, -0.15) is 0 Å². The molecule has 1 unspecified atom stereocenters. The van der Waals surface area contributed by atoms with E-state index in [0.29, 0.717) is 0 Å². The molecule has 0 saturated carbocycles. The van der Waals surface area contributed by atoms with Gasteiger partial charge in [-0.25, -0.2) is 0 Å². The largest absolute Gasteiger partial charge is 0.633 e. The van der Waals surface area contributed by atoms with Gasteiger partial charge in [0.25, 0.3) is 0 Å². The third-order valence-corrected chi connectivity index (χ3v) is 9.36. The lowest BCUT2D eigenvalue weighted by Gasteiger charge is -2.52. The minimum absolute atomic E-state index is 0.0519. The van der Waals surface area contributed by atoms with Crippen molar-refractivity contribution in [2.24, 2.45) is 0 Å². The summed E-state index contributed by atoms with van der Waals surface area (Å²) in [5.74, 6) is 0. The molecule has 0 heterocycles. The summed E-state index contributed by atoms with van der Waals surface area (Å²) in [6.07, 6.45) is 39.9. The Morgan fingerprint density at radius 3 is 0.921 bits per heavy atom. The van der Waals surface area contributed by atoms with Crippen molar-refractivity contribution in [2.45, 2.75) is 219 Å². The smallest absolute Gasteiger partial charge is 0.0930 e. The lowest BCUT2D eigenvalue weighted by Crippen LogP contribution is -2.55. The average molecular weight is 538 g/mol. The maximum absolute atomic E-state index is 13.3. The van der Waals surface area contributed by atoms with Crippen LogP contribution < -0.4 is 0 Å². The number of unbranched alkanes of at least 4 members (excludes halogenated alkanes) is 26. The summed E-state index contributed by atoms with van der Waals surface area (Å²) in [7, 11) is 1.94. The van der Waals surface area contributed by atoms with Crippen LogP contribution in [0.5, 0.6) is 0 Å². The van der Waals surface area contributed by atoms with Crippen LogP contribution in [0.2, 0.25) is 0 Å². The Bertz CT molecular complexity index is 416. The molecule has 1 atom stereocenters. The molecular formula is C36H75NO. The van der Waals surface area contributed by atoms with E-state index >= 15 is 0 Å². The molecule has 0 radical (unpaired) electrons. The summed E-state index contributed by atoms with van der Waals surface area (Å²) in [5, 5.41) is 13.3. The van der Waals surface area contributed by atoms with Gasteiger partial charge in [0.05, 0.1) is 19.1 Å². The fourth-order valence-electron chi connectivity index (χ4n) is 5.90. The Hall–Kier alpha value is -0.0800. The van der Waals surface area contributed by atoms with Gasteiger partial charge in [0.1, 0.15) is 0 Å². The molecule has 0 aliphatic rings. The van der Waals surface area contributed by atoms with Crippen LogP contribution >= 0.6 is 0 Å². The minimum Gasteiger partial charge on any atom is -0.633 e. The van der Waals surface area contributed by atoms with E-state index in [2.05, 4.69) is 27.7 Å². The number of rotatable bonds is 31. The van der Waals surface area contributed by atoms with Crippen LogP contribution in [0.3, 0.4) is 0 Å². The molecule has 0 N–H and O–H groups in total. The van der Waals surface area contributed by atoms with E-state index in [4.69, 9.17) is 0 Å². The van der Waals surface area contributed by atoms with Crippen LogP contribution in [0.4, 0.5) is 0 Å².